The van der Waals surface area contributed by atoms with Crippen LogP contribution in [-0.4, -0.2) is 33.6 Å². The number of rotatable bonds is 6. The number of carbonyl (C=O) groups is 2. The Morgan fingerprint density at radius 1 is 1.15 bits per heavy atom. The predicted octanol–water partition coefficient (Wildman–Crippen LogP) is 3.39. The summed E-state index contributed by atoms with van der Waals surface area (Å²) in [4.78, 5) is 22.2. The third-order valence-corrected chi connectivity index (χ3v) is 4.11. The largest absolute Gasteiger partial charge is 0.507 e. The number of ketones is 1. The highest BCUT2D eigenvalue weighted by Crippen LogP contribution is 2.34. The van der Waals surface area contributed by atoms with E-state index in [9.17, 15) is 19.1 Å². The molecule has 0 amide bonds. The molecular formula is C20H16FNO5. The van der Waals surface area contributed by atoms with Gasteiger partial charge in [0.25, 0.3) is 5.78 Å². The topological polar surface area (TPSA) is 88.8 Å². The number of carboxylic acids is 1. The second-order valence-corrected chi connectivity index (χ2v) is 5.85. The fourth-order valence-corrected chi connectivity index (χ4v) is 2.86. The van der Waals surface area contributed by atoms with E-state index in [1.54, 1.807) is 41.1 Å². The van der Waals surface area contributed by atoms with Crippen molar-refractivity contribution in [1.29, 1.82) is 0 Å². The Morgan fingerprint density at radius 3 is 2.48 bits per heavy atom. The lowest BCUT2D eigenvalue weighted by molar-refractivity contribution is -0.146. The zero-order chi connectivity index (χ0) is 19.6. The molecule has 138 valence electrons. The van der Waals surface area contributed by atoms with Gasteiger partial charge in [-0.3, -0.25) is 4.79 Å². The number of hydrogen-bond acceptors (Lipinski definition) is 4. The van der Waals surface area contributed by atoms with E-state index in [2.05, 4.69) is 0 Å². The van der Waals surface area contributed by atoms with Crippen LogP contribution in [0.25, 0.3) is 16.7 Å². The van der Waals surface area contributed by atoms with Crippen molar-refractivity contribution in [3.05, 3.63) is 71.7 Å². The lowest BCUT2D eigenvalue weighted by Crippen LogP contribution is -2.09. The molecule has 3 aromatic rings. The minimum Gasteiger partial charge on any atom is -0.507 e. The van der Waals surface area contributed by atoms with Crippen LogP contribution in [0.4, 0.5) is 4.39 Å². The molecule has 3 rings (SSSR count). The molecule has 0 bridgehead atoms. The molecule has 0 radical (unpaired) electrons. The van der Waals surface area contributed by atoms with Crippen LogP contribution < -0.4 is 4.74 Å². The molecule has 7 heteroatoms. The summed E-state index contributed by atoms with van der Waals surface area (Å²) in [7, 11) is 1.47. The Labute approximate surface area is 153 Å². The number of hydrogen-bond donors (Lipinski definition) is 2. The van der Waals surface area contributed by atoms with E-state index in [1.807, 2.05) is 0 Å². The maximum atomic E-state index is 13.1. The van der Waals surface area contributed by atoms with E-state index in [0.717, 1.165) is 5.56 Å². The molecule has 0 saturated carbocycles. The number of carbonyl (C=O) groups excluding carboxylic acids is 1. The predicted molar refractivity (Wildman–Crippen MR) is 97.2 cm³/mol. The van der Waals surface area contributed by atoms with Crippen LogP contribution in [0, 0.1) is 5.82 Å². The third-order valence-electron chi connectivity index (χ3n) is 4.11. The zero-order valence-electron chi connectivity index (χ0n) is 14.3. The quantitative estimate of drug-likeness (QED) is 0.395. The maximum absolute atomic E-state index is 13.1. The molecule has 0 aliphatic carbocycles. The highest BCUT2D eigenvalue weighted by atomic mass is 19.1. The third kappa shape index (κ3) is 3.67. The summed E-state index contributed by atoms with van der Waals surface area (Å²) in [5, 5.41) is 19.6. The lowest BCUT2D eigenvalue weighted by atomic mass is 10.1. The summed E-state index contributed by atoms with van der Waals surface area (Å²) >= 11 is 0. The van der Waals surface area contributed by atoms with Gasteiger partial charge in [0.05, 0.1) is 18.0 Å². The van der Waals surface area contributed by atoms with Crippen molar-refractivity contribution in [2.45, 2.75) is 6.54 Å². The van der Waals surface area contributed by atoms with Gasteiger partial charge in [-0.2, -0.15) is 0 Å². The Hall–Kier alpha value is -3.61. The van der Waals surface area contributed by atoms with Crippen molar-refractivity contribution >= 4 is 28.4 Å². The van der Waals surface area contributed by atoms with Crippen LogP contribution >= 0.6 is 0 Å². The minimum absolute atomic E-state index is 0.263. The van der Waals surface area contributed by atoms with Gasteiger partial charge in [0, 0.05) is 24.4 Å². The Balaban J connectivity index is 2.14. The molecule has 0 saturated heterocycles. The van der Waals surface area contributed by atoms with Crippen LogP contribution in [0.15, 0.2) is 54.7 Å². The van der Waals surface area contributed by atoms with Gasteiger partial charge in [0.2, 0.25) is 0 Å². The van der Waals surface area contributed by atoms with E-state index >= 15 is 0 Å². The van der Waals surface area contributed by atoms with Gasteiger partial charge < -0.3 is 19.5 Å². The molecule has 2 aromatic carbocycles. The maximum Gasteiger partial charge on any atom is 0.376 e. The van der Waals surface area contributed by atoms with Crippen molar-refractivity contribution in [3.8, 4) is 5.75 Å². The van der Waals surface area contributed by atoms with Gasteiger partial charge in [-0.1, -0.05) is 18.2 Å². The highest BCUT2D eigenvalue weighted by molar-refractivity contribution is 6.38. The normalized spacial score (nSPS) is 11.6. The number of carboxylic acid groups (broad SMARTS) is 1. The number of fused-ring (bicyclic) bond motifs is 1. The minimum atomic E-state index is -1.66. The number of aliphatic hydroxyl groups is 1. The van der Waals surface area contributed by atoms with Crippen molar-refractivity contribution < 1.29 is 28.9 Å². The van der Waals surface area contributed by atoms with Gasteiger partial charge in [-0.25, -0.2) is 9.18 Å². The Kier molecular flexibility index (Phi) is 4.94. The van der Waals surface area contributed by atoms with Crippen LogP contribution in [0.2, 0.25) is 0 Å². The van der Waals surface area contributed by atoms with Crippen molar-refractivity contribution in [2.75, 3.05) is 7.11 Å². The molecule has 2 N–H and O–H groups in total. The number of halogens is 1. The summed E-state index contributed by atoms with van der Waals surface area (Å²) < 4.78 is 20.3. The molecule has 0 aliphatic rings. The van der Waals surface area contributed by atoms with Crippen molar-refractivity contribution in [3.63, 3.8) is 0 Å². The second-order valence-electron chi connectivity index (χ2n) is 5.85. The van der Waals surface area contributed by atoms with Crippen LogP contribution in [0.5, 0.6) is 5.75 Å². The SMILES string of the molecule is COc1cccc2c1c(/C(O)=C/C(=O)C(=O)O)cn2Cc1ccc(F)cc1. The summed E-state index contributed by atoms with van der Waals surface area (Å²) in [6, 6.07) is 11.3. The van der Waals surface area contributed by atoms with Crippen molar-refractivity contribution in [1.82, 2.24) is 4.57 Å². The lowest BCUT2D eigenvalue weighted by Gasteiger charge is -2.07. The standard InChI is InChI=1S/C20H16FNO5/c1-27-18-4-2-3-15-19(18)14(16(23)9-17(24)20(25)26)11-22(15)10-12-5-7-13(21)8-6-12/h2-9,11,23H,10H2,1H3,(H,25,26)/b16-9-. The van der Waals surface area contributed by atoms with Gasteiger partial charge in [-0.05, 0) is 29.8 Å². The number of nitrogens with zero attached hydrogens (tertiary/aromatic N) is 1. The fourth-order valence-electron chi connectivity index (χ4n) is 2.86. The number of aromatic nitrogens is 1. The zero-order valence-corrected chi connectivity index (χ0v) is 14.3. The fraction of sp³-hybridized carbons (Fsp3) is 0.100. The molecule has 1 aromatic heterocycles. The van der Waals surface area contributed by atoms with Gasteiger partial charge in [0.15, 0.2) is 0 Å². The average molecular weight is 369 g/mol. The first-order chi connectivity index (χ1) is 12.9. The Bertz CT molecular complexity index is 1050. The van der Waals surface area contributed by atoms with E-state index in [1.165, 1.54) is 19.2 Å². The van der Waals surface area contributed by atoms with Crippen LogP contribution in [-0.2, 0) is 16.1 Å². The molecule has 27 heavy (non-hydrogen) atoms. The molecule has 0 spiro atoms. The van der Waals surface area contributed by atoms with Crippen molar-refractivity contribution in [2.24, 2.45) is 0 Å². The number of ether oxygens (including phenoxy) is 1. The second kappa shape index (κ2) is 7.33. The summed E-state index contributed by atoms with van der Waals surface area (Å²) in [5.74, 6) is -3.26. The van der Waals surface area contributed by atoms with Crippen LogP contribution in [0.1, 0.15) is 11.1 Å². The molecule has 6 nitrogen and oxygen atoms in total. The number of aliphatic carboxylic acids is 1. The first kappa shape index (κ1) is 18.2. The molecule has 0 atom stereocenters. The molecule has 0 fully saturated rings. The summed E-state index contributed by atoms with van der Waals surface area (Å²) in [5.41, 5.74) is 1.79. The van der Waals surface area contributed by atoms with E-state index < -0.39 is 17.5 Å². The van der Waals surface area contributed by atoms with E-state index in [-0.39, 0.29) is 11.4 Å². The smallest absolute Gasteiger partial charge is 0.376 e. The molecule has 1 heterocycles. The van der Waals surface area contributed by atoms with E-state index in [0.29, 0.717) is 29.3 Å². The average Bonchev–Trinajstić information content (AvgIpc) is 3.02. The van der Waals surface area contributed by atoms with Gasteiger partial charge >= 0.3 is 5.97 Å². The Morgan fingerprint density at radius 2 is 1.85 bits per heavy atom. The molecule has 0 aliphatic heterocycles. The number of aliphatic hydroxyl groups excluding tert-OH is 1. The van der Waals surface area contributed by atoms with E-state index in [4.69, 9.17) is 9.84 Å². The van der Waals surface area contributed by atoms with Gasteiger partial charge in [0.1, 0.15) is 17.3 Å². The number of benzene rings is 2. The first-order valence-electron chi connectivity index (χ1n) is 7.99. The van der Waals surface area contributed by atoms with Gasteiger partial charge in [-0.15, -0.1) is 0 Å². The highest BCUT2D eigenvalue weighted by Gasteiger charge is 2.18. The summed E-state index contributed by atoms with van der Waals surface area (Å²) in [6.45, 7) is 0.379. The number of methoxy groups -OCH3 is 1. The van der Waals surface area contributed by atoms with Crippen LogP contribution in [0.3, 0.4) is 0 Å². The monoisotopic (exact) mass is 369 g/mol. The molecule has 0 unspecified atom stereocenters. The first-order valence-corrected chi connectivity index (χ1v) is 7.99. The molecular weight excluding hydrogens is 353 g/mol. The summed E-state index contributed by atoms with van der Waals surface area (Å²) in [6.07, 6.45) is 2.25.